The topological polar surface area (TPSA) is 127 Å². The number of nitriles is 1. The van der Waals surface area contributed by atoms with Gasteiger partial charge in [0.05, 0.1) is 30.2 Å². The van der Waals surface area contributed by atoms with E-state index in [1.807, 2.05) is 6.07 Å². The van der Waals surface area contributed by atoms with Crippen LogP contribution in [0, 0.1) is 17.1 Å². The van der Waals surface area contributed by atoms with E-state index < -0.39 is 29.2 Å². The fourth-order valence-electron chi connectivity index (χ4n) is 3.06. The van der Waals surface area contributed by atoms with Crippen LogP contribution in [-0.4, -0.2) is 30.6 Å². The predicted molar refractivity (Wildman–Crippen MR) is 104 cm³/mol. The second-order valence-corrected chi connectivity index (χ2v) is 7.00. The number of nitrogens with two attached hydrogens (primary N) is 1. The molecule has 1 aromatic carbocycles. The maximum atomic E-state index is 13.4. The van der Waals surface area contributed by atoms with E-state index in [2.05, 4.69) is 10.1 Å². The van der Waals surface area contributed by atoms with E-state index in [1.54, 1.807) is 0 Å². The van der Waals surface area contributed by atoms with Crippen molar-refractivity contribution in [3.63, 3.8) is 0 Å². The average Bonchev–Trinajstić information content (AvgIpc) is 3.03. The maximum absolute atomic E-state index is 13.4. The van der Waals surface area contributed by atoms with Gasteiger partial charge in [0.2, 0.25) is 0 Å². The molecule has 0 saturated carbocycles. The SMILES string of the molecule is CNC(=O)C1=c2sc(=CC(=O)OC)c(=O)n2C(N)=C(C#N)C1c1ccc(F)cc1. The molecular formula is C19H15FN4O4S. The number of thiazole rings is 1. The number of benzene rings is 1. The zero-order chi connectivity index (χ0) is 21.3. The number of hydrogen-bond acceptors (Lipinski definition) is 7. The molecule has 0 spiro atoms. The van der Waals surface area contributed by atoms with E-state index in [0.29, 0.717) is 5.56 Å². The quantitative estimate of drug-likeness (QED) is 0.643. The molecular weight excluding hydrogens is 399 g/mol. The molecule has 2 aromatic rings. The number of aromatic nitrogens is 1. The first-order chi connectivity index (χ1) is 13.8. The number of amides is 1. The lowest BCUT2D eigenvalue weighted by molar-refractivity contribution is -0.133. The minimum atomic E-state index is -0.912. The van der Waals surface area contributed by atoms with Gasteiger partial charge in [-0.1, -0.05) is 12.1 Å². The first kappa shape index (κ1) is 20.0. The molecule has 0 bridgehead atoms. The Morgan fingerprint density at radius 2 is 2.03 bits per heavy atom. The highest BCUT2D eigenvalue weighted by Crippen LogP contribution is 2.35. The van der Waals surface area contributed by atoms with E-state index in [4.69, 9.17) is 5.73 Å². The molecule has 1 aromatic heterocycles. The first-order valence-corrected chi connectivity index (χ1v) is 9.09. The zero-order valence-electron chi connectivity index (χ0n) is 15.4. The summed E-state index contributed by atoms with van der Waals surface area (Å²) >= 11 is 0.874. The third kappa shape index (κ3) is 3.32. The number of nitrogens with one attached hydrogen (secondary N) is 1. The third-order valence-corrected chi connectivity index (χ3v) is 5.50. The van der Waals surface area contributed by atoms with Crippen molar-refractivity contribution in [1.82, 2.24) is 9.88 Å². The largest absolute Gasteiger partial charge is 0.466 e. The van der Waals surface area contributed by atoms with Crippen molar-refractivity contribution in [3.8, 4) is 6.07 Å². The van der Waals surface area contributed by atoms with Crippen LogP contribution in [0.1, 0.15) is 11.5 Å². The molecule has 148 valence electrons. The summed E-state index contributed by atoms with van der Waals surface area (Å²) in [6, 6.07) is 7.25. The number of methoxy groups -OCH3 is 1. The van der Waals surface area contributed by atoms with Crippen molar-refractivity contribution >= 4 is 40.7 Å². The zero-order valence-corrected chi connectivity index (χ0v) is 16.2. The van der Waals surface area contributed by atoms with Gasteiger partial charge in [-0.2, -0.15) is 5.26 Å². The second kappa shape index (κ2) is 7.73. The van der Waals surface area contributed by atoms with Gasteiger partial charge in [0.1, 0.15) is 20.8 Å². The van der Waals surface area contributed by atoms with Crippen molar-refractivity contribution in [2.45, 2.75) is 5.92 Å². The van der Waals surface area contributed by atoms with E-state index in [1.165, 1.54) is 38.4 Å². The Balaban J connectivity index is 2.48. The highest BCUT2D eigenvalue weighted by Gasteiger charge is 2.35. The second-order valence-electron chi connectivity index (χ2n) is 5.97. The molecule has 1 unspecified atom stereocenters. The van der Waals surface area contributed by atoms with E-state index in [0.717, 1.165) is 22.0 Å². The Hall–Kier alpha value is -3.71. The molecule has 1 amide bonds. The van der Waals surface area contributed by atoms with Crippen LogP contribution in [0.25, 0.3) is 17.5 Å². The third-order valence-electron chi connectivity index (χ3n) is 4.39. The number of allylic oxidation sites excluding steroid dienone is 1. The summed E-state index contributed by atoms with van der Waals surface area (Å²) in [5.74, 6) is -2.84. The number of ether oxygens (including phenoxy) is 1. The van der Waals surface area contributed by atoms with Gasteiger partial charge in [-0.25, -0.2) is 9.18 Å². The van der Waals surface area contributed by atoms with Crippen LogP contribution in [0.3, 0.4) is 0 Å². The fraction of sp³-hybridized carbons (Fsp3) is 0.158. The fourth-order valence-corrected chi connectivity index (χ4v) is 4.19. The number of nitrogens with zero attached hydrogens (tertiary/aromatic N) is 2. The Morgan fingerprint density at radius 3 is 2.59 bits per heavy atom. The van der Waals surface area contributed by atoms with Crippen LogP contribution in [0.4, 0.5) is 4.39 Å². The van der Waals surface area contributed by atoms with Gasteiger partial charge in [-0.3, -0.25) is 14.2 Å². The molecule has 3 N–H and O–H groups in total. The lowest BCUT2D eigenvalue weighted by Gasteiger charge is -2.24. The molecule has 0 aliphatic carbocycles. The maximum Gasteiger partial charge on any atom is 0.332 e. The molecule has 1 aliphatic rings. The first-order valence-electron chi connectivity index (χ1n) is 8.27. The molecule has 10 heteroatoms. The van der Waals surface area contributed by atoms with Crippen LogP contribution in [0.15, 0.2) is 34.6 Å². The highest BCUT2D eigenvalue weighted by molar-refractivity contribution is 7.07. The summed E-state index contributed by atoms with van der Waals surface area (Å²) < 4.78 is 19.2. The van der Waals surface area contributed by atoms with Crippen LogP contribution >= 0.6 is 11.3 Å². The lowest BCUT2D eigenvalue weighted by Crippen LogP contribution is -2.41. The smallest absolute Gasteiger partial charge is 0.332 e. The molecule has 2 heterocycles. The van der Waals surface area contributed by atoms with Crippen LogP contribution < -0.4 is 25.8 Å². The van der Waals surface area contributed by atoms with Gasteiger partial charge in [-0.05, 0) is 17.7 Å². The Labute approximate surface area is 167 Å². The summed E-state index contributed by atoms with van der Waals surface area (Å²) in [5.41, 5.74) is 5.98. The van der Waals surface area contributed by atoms with E-state index in [9.17, 15) is 24.0 Å². The van der Waals surface area contributed by atoms with E-state index >= 15 is 0 Å². The van der Waals surface area contributed by atoms with Crippen LogP contribution in [-0.2, 0) is 14.3 Å². The molecule has 29 heavy (non-hydrogen) atoms. The minimum absolute atomic E-state index is 0.00625. The summed E-state index contributed by atoms with van der Waals surface area (Å²) in [4.78, 5) is 37.1. The van der Waals surface area contributed by atoms with Gasteiger partial charge in [0, 0.05) is 13.1 Å². The number of esters is 1. The predicted octanol–water partition coefficient (Wildman–Crippen LogP) is -0.653. The molecule has 1 aliphatic heterocycles. The molecule has 3 rings (SSSR count). The van der Waals surface area contributed by atoms with Gasteiger partial charge in [0.25, 0.3) is 11.5 Å². The summed E-state index contributed by atoms with van der Waals surface area (Å²) in [6.07, 6.45) is 0.992. The summed E-state index contributed by atoms with van der Waals surface area (Å²) in [6.45, 7) is 0. The lowest BCUT2D eigenvalue weighted by atomic mass is 9.83. The standard InChI is InChI=1S/C19H15FN4O4S/c1-23-17(26)15-14(9-3-5-10(20)6-4-9)11(8-21)16(22)24-18(27)12(29-19(15)24)7-13(25)28-2/h3-7,14H,22H2,1-2H3,(H,23,26). The molecule has 0 fully saturated rings. The van der Waals surface area contributed by atoms with Gasteiger partial charge in [-0.15, -0.1) is 11.3 Å². The van der Waals surface area contributed by atoms with Crippen molar-refractivity contribution in [2.24, 2.45) is 5.73 Å². The summed E-state index contributed by atoms with van der Waals surface area (Å²) in [7, 11) is 2.57. The monoisotopic (exact) mass is 414 g/mol. The van der Waals surface area contributed by atoms with Crippen molar-refractivity contribution < 1.29 is 18.7 Å². The number of hydrogen-bond donors (Lipinski definition) is 2. The Bertz CT molecular complexity index is 1270. The van der Waals surface area contributed by atoms with Crippen LogP contribution in [0.2, 0.25) is 0 Å². The van der Waals surface area contributed by atoms with Crippen molar-refractivity contribution in [1.29, 1.82) is 5.26 Å². The molecule has 1 atom stereocenters. The average molecular weight is 414 g/mol. The molecule has 0 radical (unpaired) electrons. The number of fused-ring (bicyclic) bond motifs is 1. The minimum Gasteiger partial charge on any atom is -0.466 e. The Kier molecular flexibility index (Phi) is 5.34. The van der Waals surface area contributed by atoms with Crippen molar-refractivity contribution in [2.75, 3.05) is 14.2 Å². The van der Waals surface area contributed by atoms with E-state index in [-0.39, 0.29) is 26.2 Å². The highest BCUT2D eigenvalue weighted by atomic mass is 32.1. The van der Waals surface area contributed by atoms with Gasteiger partial charge < -0.3 is 15.8 Å². The molecule has 0 saturated heterocycles. The number of rotatable bonds is 3. The van der Waals surface area contributed by atoms with Gasteiger partial charge in [0.15, 0.2) is 0 Å². The normalized spacial score (nSPS) is 16.3. The van der Waals surface area contributed by atoms with Crippen LogP contribution in [0.5, 0.6) is 0 Å². The number of halogens is 1. The number of carbonyl (C=O) groups is 2. The van der Waals surface area contributed by atoms with Gasteiger partial charge >= 0.3 is 5.97 Å². The summed E-state index contributed by atoms with van der Waals surface area (Å²) in [5, 5.41) is 12.2. The molecule has 8 nitrogen and oxygen atoms in total. The number of carbonyl (C=O) groups excluding carboxylic acids is 2. The Morgan fingerprint density at radius 1 is 1.38 bits per heavy atom. The van der Waals surface area contributed by atoms with Crippen molar-refractivity contribution in [3.05, 3.63) is 60.8 Å².